The van der Waals surface area contributed by atoms with Gasteiger partial charge in [0.1, 0.15) is 17.1 Å². The summed E-state index contributed by atoms with van der Waals surface area (Å²) in [5.41, 5.74) is 7.90. The number of hydrogen-bond donors (Lipinski definition) is 2. The molecule has 5 nitrogen and oxygen atoms in total. The van der Waals surface area contributed by atoms with E-state index in [1.54, 1.807) is 14.2 Å². The number of hydrogen-bond acceptors (Lipinski definition) is 5. The van der Waals surface area contributed by atoms with E-state index < -0.39 is 5.60 Å². The highest BCUT2D eigenvalue weighted by molar-refractivity contribution is 5.41. The minimum absolute atomic E-state index is 0.0721. The Morgan fingerprint density at radius 3 is 2.42 bits per heavy atom. The zero-order valence-corrected chi connectivity index (χ0v) is 15.5. The second-order valence-electron chi connectivity index (χ2n) is 6.56. The first-order valence-electron chi connectivity index (χ1n) is 9.05. The van der Waals surface area contributed by atoms with Gasteiger partial charge in [-0.1, -0.05) is 36.4 Å². The van der Waals surface area contributed by atoms with Gasteiger partial charge in [0.2, 0.25) is 0 Å². The largest absolute Gasteiger partial charge is 0.496 e. The molecule has 1 saturated heterocycles. The number of rotatable bonds is 7. The first-order valence-corrected chi connectivity index (χ1v) is 9.05. The maximum atomic E-state index is 6.43. The van der Waals surface area contributed by atoms with E-state index in [0.717, 1.165) is 35.6 Å². The van der Waals surface area contributed by atoms with Crippen LogP contribution in [0.15, 0.2) is 48.5 Å². The molecule has 2 aromatic carbocycles. The van der Waals surface area contributed by atoms with Gasteiger partial charge in [-0.05, 0) is 30.7 Å². The van der Waals surface area contributed by atoms with Crippen molar-refractivity contribution in [3.63, 3.8) is 0 Å². The van der Waals surface area contributed by atoms with Crippen molar-refractivity contribution in [3.8, 4) is 11.5 Å². The third kappa shape index (κ3) is 3.56. The monoisotopic (exact) mass is 356 g/mol. The number of methoxy groups -OCH3 is 2. The molecule has 0 spiro atoms. The predicted molar refractivity (Wildman–Crippen MR) is 103 cm³/mol. The Balaban J connectivity index is 2.02. The highest BCUT2D eigenvalue weighted by Gasteiger charge is 2.44. The van der Waals surface area contributed by atoms with Crippen LogP contribution in [0.25, 0.3) is 0 Å². The van der Waals surface area contributed by atoms with Gasteiger partial charge in [-0.15, -0.1) is 0 Å². The Bertz CT molecular complexity index is 714. The van der Waals surface area contributed by atoms with Crippen molar-refractivity contribution in [2.45, 2.75) is 12.0 Å². The van der Waals surface area contributed by atoms with Crippen molar-refractivity contribution >= 4 is 0 Å². The van der Waals surface area contributed by atoms with Crippen molar-refractivity contribution in [2.75, 3.05) is 40.5 Å². The average Bonchev–Trinajstić information content (AvgIpc) is 2.72. The lowest BCUT2D eigenvalue weighted by Crippen LogP contribution is -2.54. The normalized spacial score (nSPS) is 21.2. The van der Waals surface area contributed by atoms with Crippen LogP contribution in [0, 0.1) is 5.92 Å². The lowest BCUT2D eigenvalue weighted by molar-refractivity contribution is -0.110. The predicted octanol–water partition coefficient (Wildman–Crippen LogP) is 2.34. The fraction of sp³-hybridized carbons (Fsp3) is 0.429. The molecule has 0 aliphatic carbocycles. The molecule has 26 heavy (non-hydrogen) atoms. The lowest BCUT2D eigenvalue weighted by Gasteiger charge is -2.44. The fourth-order valence-corrected chi connectivity index (χ4v) is 3.86. The average molecular weight is 356 g/mol. The molecule has 0 bridgehead atoms. The second-order valence-corrected chi connectivity index (χ2v) is 6.56. The summed E-state index contributed by atoms with van der Waals surface area (Å²) >= 11 is 0. The van der Waals surface area contributed by atoms with E-state index in [1.165, 1.54) is 0 Å². The molecule has 5 heteroatoms. The van der Waals surface area contributed by atoms with Crippen LogP contribution in [0.5, 0.6) is 11.5 Å². The second kappa shape index (κ2) is 8.54. The number of benzene rings is 2. The van der Waals surface area contributed by atoms with E-state index in [9.17, 15) is 0 Å². The minimum atomic E-state index is -0.541. The maximum absolute atomic E-state index is 6.43. The van der Waals surface area contributed by atoms with Gasteiger partial charge in [-0.2, -0.15) is 0 Å². The van der Waals surface area contributed by atoms with Gasteiger partial charge in [0.05, 0.1) is 20.8 Å². The fourth-order valence-electron chi connectivity index (χ4n) is 3.86. The number of ether oxygens (including phenoxy) is 3. The van der Waals surface area contributed by atoms with Crippen molar-refractivity contribution in [3.05, 3.63) is 59.7 Å². The van der Waals surface area contributed by atoms with Crippen LogP contribution in [0.2, 0.25) is 0 Å². The van der Waals surface area contributed by atoms with Crippen molar-refractivity contribution < 1.29 is 14.2 Å². The smallest absolute Gasteiger partial charge is 0.125 e. The SMILES string of the molecule is COc1ccccc1CC(CN)C1(c2ccccc2OC)CNCCO1. The van der Waals surface area contributed by atoms with Crippen LogP contribution in [0.3, 0.4) is 0 Å². The standard InChI is InChI=1S/C21H28N2O3/c1-24-19-9-5-3-7-16(19)13-17(14-22)21(15-23-11-12-26-21)18-8-4-6-10-20(18)25-2/h3-10,17,23H,11-15,22H2,1-2H3. The molecule has 1 aliphatic rings. The molecule has 1 heterocycles. The molecule has 3 N–H and O–H groups in total. The van der Waals surface area contributed by atoms with Gasteiger partial charge >= 0.3 is 0 Å². The molecular weight excluding hydrogens is 328 g/mol. The van der Waals surface area contributed by atoms with Crippen molar-refractivity contribution in [2.24, 2.45) is 11.7 Å². The van der Waals surface area contributed by atoms with Crippen LogP contribution >= 0.6 is 0 Å². The Kier molecular flexibility index (Phi) is 6.14. The third-order valence-corrected chi connectivity index (χ3v) is 5.19. The Hall–Kier alpha value is -2.08. The summed E-state index contributed by atoms with van der Waals surface area (Å²) in [5, 5.41) is 3.49. The van der Waals surface area contributed by atoms with Crippen LogP contribution in [0.4, 0.5) is 0 Å². The zero-order chi connectivity index (χ0) is 18.4. The minimum Gasteiger partial charge on any atom is -0.496 e. The van der Waals surface area contributed by atoms with Crippen molar-refractivity contribution in [1.29, 1.82) is 0 Å². The summed E-state index contributed by atoms with van der Waals surface area (Å²) in [4.78, 5) is 0. The molecule has 2 atom stereocenters. The summed E-state index contributed by atoms with van der Waals surface area (Å²) in [7, 11) is 3.39. The Morgan fingerprint density at radius 1 is 1.08 bits per heavy atom. The number of nitrogens with two attached hydrogens (primary N) is 1. The maximum Gasteiger partial charge on any atom is 0.125 e. The van der Waals surface area contributed by atoms with Gasteiger partial charge in [0.15, 0.2) is 0 Å². The first-order chi connectivity index (χ1) is 12.7. The van der Waals surface area contributed by atoms with E-state index >= 15 is 0 Å². The number of nitrogens with one attached hydrogen (secondary N) is 1. The van der Waals surface area contributed by atoms with E-state index in [-0.39, 0.29) is 5.92 Å². The van der Waals surface area contributed by atoms with Crippen LogP contribution < -0.4 is 20.5 Å². The van der Waals surface area contributed by atoms with Gasteiger partial charge in [0, 0.05) is 24.6 Å². The Morgan fingerprint density at radius 2 is 1.77 bits per heavy atom. The van der Waals surface area contributed by atoms with Crippen molar-refractivity contribution in [1.82, 2.24) is 5.32 Å². The zero-order valence-electron chi connectivity index (χ0n) is 15.5. The molecule has 2 aromatic rings. The molecule has 2 unspecified atom stereocenters. The molecular formula is C21H28N2O3. The Labute approximate surface area is 155 Å². The van der Waals surface area contributed by atoms with E-state index in [4.69, 9.17) is 19.9 Å². The molecule has 3 rings (SSSR count). The molecule has 0 aromatic heterocycles. The molecule has 1 fully saturated rings. The first kappa shape index (κ1) is 18.7. The third-order valence-electron chi connectivity index (χ3n) is 5.19. The molecule has 1 aliphatic heterocycles. The van der Waals surface area contributed by atoms with Gasteiger partial charge in [-0.3, -0.25) is 0 Å². The van der Waals surface area contributed by atoms with Crippen LogP contribution in [-0.4, -0.2) is 40.5 Å². The van der Waals surface area contributed by atoms with E-state index in [2.05, 4.69) is 17.4 Å². The molecule has 0 amide bonds. The topological polar surface area (TPSA) is 65.7 Å². The lowest BCUT2D eigenvalue weighted by atomic mass is 9.76. The molecule has 0 radical (unpaired) electrons. The summed E-state index contributed by atoms with van der Waals surface area (Å²) < 4.78 is 17.6. The summed E-state index contributed by atoms with van der Waals surface area (Å²) in [6.07, 6.45) is 0.764. The number of morpholine rings is 1. The summed E-state index contributed by atoms with van der Waals surface area (Å²) in [6.45, 7) is 2.67. The number of para-hydroxylation sites is 2. The highest BCUT2D eigenvalue weighted by atomic mass is 16.5. The highest BCUT2D eigenvalue weighted by Crippen LogP contribution is 2.41. The van der Waals surface area contributed by atoms with Crippen LogP contribution in [0.1, 0.15) is 11.1 Å². The van der Waals surface area contributed by atoms with E-state index in [0.29, 0.717) is 19.7 Å². The molecule has 140 valence electrons. The van der Waals surface area contributed by atoms with Gasteiger partial charge in [-0.25, -0.2) is 0 Å². The quantitative estimate of drug-likeness (QED) is 0.797. The summed E-state index contributed by atoms with van der Waals surface area (Å²) in [5.74, 6) is 1.78. The molecule has 0 saturated carbocycles. The van der Waals surface area contributed by atoms with Gasteiger partial charge < -0.3 is 25.3 Å². The van der Waals surface area contributed by atoms with E-state index in [1.807, 2.05) is 36.4 Å². The van der Waals surface area contributed by atoms with Gasteiger partial charge in [0.25, 0.3) is 0 Å². The summed E-state index contributed by atoms with van der Waals surface area (Å²) in [6, 6.07) is 16.1. The van der Waals surface area contributed by atoms with Crippen LogP contribution in [-0.2, 0) is 16.8 Å².